The van der Waals surface area contributed by atoms with Gasteiger partial charge in [0, 0.05) is 0 Å². The van der Waals surface area contributed by atoms with Crippen molar-refractivity contribution in [1.82, 2.24) is 15.1 Å². The Morgan fingerprint density at radius 3 is 2.48 bits per heavy atom. The van der Waals surface area contributed by atoms with Crippen LogP contribution in [0.15, 0.2) is 42.6 Å². The highest BCUT2D eigenvalue weighted by Crippen LogP contribution is 2.33. The molecular weight excluding hydrogens is 457 g/mol. The second-order valence-electron chi connectivity index (χ2n) is 6.83. The SMILES string of the molecule is CC[C@H](NC(=O)c1cnn(-c2ccc(Cl)c(Cl)c2)c1C)c1ccc(F)c(C(F)(F)F)c1. The van der Waals surface area contributed by atoms with Gasteiger partial charge in [-0.05, 0) is 49.2 Å². The van der Waals surface area contributed by atoms with Gasteiger partial charge in [-0.3, -0.25) is 4.79 Å². The van der Waals surface area contributed by atoms with Crippen molar-refractivity contribution in [3.05, 3.63) is 80.8 Å². The average Bonchev–Trinajstić information content (AvgIpc) is 3.09. The molecule has 0 spiro atoms. The zero-order chi connectivity index (χ0) is 22.9. The molecule has 0 aliphatic rings. The van der Waals surface area contributed by atoms with E-state index in [4.69, 9.17) is 23.2 Å². The molecule has 3 rings (SSSR count). The van der Waals surface area contributed by atoms with E-state index in [-0.39, 0.29) is 11.1 Å². The Labute approximate surface area is 185 Å². The fourth-order valence-corrected chi connectivity index (χ4v) is 3.44. The summed E-state index contributed by atoms with van der Waals surface area (Å²) in [4.78, 5) is 12.8. The Kier molecular flexibility index (Phi) is 6.62. The van der Waals surface area contributed by atoms with E-state index >= 15 is 0 Å². The lowest BCUT2D eigenvalue weighted by Crippen LogP contribution is -2.29. The predicted molar refractivity (Wildman–Crippen MR) is 110 cm³/mol. The molecule has 1 heterocycles. The van der Waals surface area contributed by atoms with E-state index in [0.717, 1.165) is 12.1 Å². The average molecular weight is 474 g/mol. The molecule has 10 heteroatoms. The van der Waals surface area contributed by atoms with Gasteiger partial charge >= 0.3 is 6.18 Å². The summed E-state index contributed by atoms with van der Waals surface area (Å²) in [5.74, 6) is -1.88. The predicted octanol–water partition coefficient (Wildman–Crippen LogP) is 6.53. The van der Waals surface area contributed by atoms with Crippen molar-refractivity contribution < 1.29 is 22.4 Å². The Morgan fingerprint density at radius 1 is 1.16 bits per heavy atom. The van der Waals surface area contributed by atoms with Crippen molar-refractivity contribution in [3.63, 3.8) is 0 Å². The van der Waals surface area contributed by atoms with E-state index in [9.17, 15) is 22.4 Å². The molecule has 31 heavy (non-hydrogen) atoms. The molecule has 0 bridgehead atoms. The molecule has 4 nitrogen and oxygen atoms in total. The molecule has 0 fully saturated rings. The van der Waals surface area contributed by atoms with Crippen molar-refractivity contribution >= 4 is 29.1 Å². The Bertz CT molecular complexity index is 1130. The maximum atomic E-state index is 13.6. The first-order chi connectivity index (χ1) is 14.5. The molecule has 1 N–H and O–H groups in total. The van der Waals surface area contributed by atoms with Crippen molar-refractivity contribution in [3.8, 4) is 5.69 Å². The lowest BCUT2D eigenvalue weighted by Gasteiger charge is -2.19. The third kappa shape index (κ3) is 4.85. The van der Waals surface area contributed by atoms with Crippen molar-refractivity contribution in [2.75, 3.05) is 0 Å². The Balaban J connectivity index is 1.87. The summed E-state index contributed by atoms with van der Waals surface area (Å²) < 4.78 is 54.2. The first kappa shape index (κ1) is 23.1. The molecule has 0 unspecified atom stereocenters. The number of nitrogens with zero attached hydrogens (tertiary/aromatic N) is 2. The monoisotopic (exact) mass is 473 g/mol. The van der Waals surface area contributed by atoms with E-state index in [1.165, 1.54) is 16.9 Å². The van der Waals surface area contributed by atoms with Crippen LogP contribution in [0.1, 0.15) is 46.6 Å². The maximum Gasteiger partial charge on any atom is 0.419 e. The van der Waals surface area contributed by atoms with Crippen LogP contribution in [0.2, 0.25) is 10.0 Å². The van der Waals surface area contributed by atoms with Crippen LogP contribution in [0.4, 0.5) is 17.6 Å². The molecule has 0 aliphatic carbocycles. The van der Waals surface area contributed by atoms with Crippen LogP contribution in [0, 0.1) is 12.7 Å². The van der Waals surface area contributed by atoms with Gasteiger partial charge in [0.1, 0.15) is 5.82 Å². The van der Waals surface area contributed by atoms with Crippen LogP contribution < -0.4 is 5.32 Å². The van der Waals surface area contributed by atoms with Crippen LogP contribution >= 0.6 is 23.2 Å². The number of hydrogen-bond acceptors (Lipinski definition) is 2. The Hall–Kier alpha value is -2.58. The maximum absolute atomic E-state index is 13.6. The van der Waals surface area contributed by atoms with E-state index in [0.29, 0.717) is 27.8 Å². The molecule has 1 atom stereocenters. The van der Waals surface area contributed by atoms with Crippen LogP contribution in [0.25, 0.3) is 5.69 Å². The van der Waals surface area contributed by atoms with Gasteiger partial charge in [0.05, 0.1) is 44.8 Å². The number of alkyl halides is 3. The van der Waals surface area contributed by atoms with Gasteiger partial charge in [-0.2, -0.15) is 18.3 Å². The van der Waals surface area contributed by atoms with Gasteiger partial charge in [0.25, 0.3) is 5.91 Å². The molecule has 0 aliphatic heterocycles. The summed E-state index contributed by atoms with van der Waals surface area (Å²) in [7, 11) is 0. The largest absolute Gasteiger partial charge is 0.419 e. The second kappa shape index (κ2) is 8.88. The quantitative estimate of drug-likeness (QED) is 0.428. The lowest BCUT2D eigenvalue weighted by atomic mass is 10.0. The van der Waals surface area contributed by atoms with Crippen LogP contribution in [-0.4, -0.2) is 15.7 Å². The first-order valence-electron chi connectivity index (χ1n) is 9.20. The number of amides is 1. The van der Waals surface area contributed by atoms with E-state index in [1.807, 2.05) is 0 Å². The minimum atomic E-state index is -4.83. The lowest BCUT2D eigenvalue weighted by molar-refractivity contribution is -0.140. The Morgan fingerprint density at radius 2 is 1.87 bits per heavy atom. The summed E-state index contributed by atoms with van der Waals surface area (Å²) in [6, 6.07) is 6.82. The molecule has 0 saturated heterocycles. The second-order valence-corrected chi connectivity index (χ2v) is 7.64. The molecule has 1 amide bonds. The van der Waals surface area contributed by atoms with Gasteiger partial charge < -0.3 is 5.32 Å². The molecule has 0 radical (unpaired) electrons. The van der Waals surface area contributed by atoms with Gasteiger partial charge in [-0.15, -0.1) is 0 Å². The fourth-order valence-electron chi connectivity index (χ4n) is 3.14. The van der Waals surface area contributed by atoms with Gasteiger partial charge in [-0.25, -0.2) is 9.07 Å². The highest BCUT2D eigenvalue weighted by Gasteiger charge is 2.34. The molecule has 0 saturated carbocycles. The van der Waals surface area contributed by atoms with Crippen molar-refractivity contribution in [2.24, 2.45) is 0 Å². The third-order valence-corrected chi connectivity index (χ3v) is 5.55. The number of nitrogens with one attached hydrogen (secondary N) is 1. The van der Waals surface area contributed by atoms with Crippen LogP contribution in [-0.2, 0) is 6.18 Å². The summed E-state index contributed by atoms with van der Waals surface area (Å²) in [6.45, 7) is 3.37. The number of carbonyl (C=O) groups excluding carboxylic acids is 1. The van der Waals surface area contributed by atoms with Crippen molar-refractivity contribution in [1.29, 1.82) is 0 Å². The molecule has 2 aromatic carbocycles. The van der Waals surface area contributed by atoms with Crippen LogP contribution in [0.3, 0.4) is 0 Å². The highest BCUT2D eigenvalue weighted by molar-refractivity contribution is 6.42. The fraction of sp³-hybridized carbons (Fsp3) is 0.238. The van der Waals surface area contributed by atoms with E-state index < -0.39 is 29.5 Å². The van der Waals surface area contributed by atoms with E-state index in [2.05, 4.69) is 10.4 Å². The number of halogens is 6. The number of aromatic nitrogens is 2. The summed E-state index contributed by atoms with van der Waals surface area (Å²) in [5.41, 5.74) is 0.107. The van der Waals surface area contributed by atoms with Gasteiger partial charge in [0.2, 0.25) is 0 Å². The topological polar surface area (TPSA) is 46.9 Å². The third-order valence-electron chi connectivity index (χ3n) is 4.81. The normalized spacial score (nSPS) is 12.6. The zero-order valence-corrected chi connectivity index (χ0v) is 17.9. The smallest absolute Gasteiger partial charge is 0.345 e. The highest BCUT2D eigenvalue weighted by atomic mass is 35.5. The minimum Gasteiger partial charge on any atom is -0.345 e. The molecule has 164 valence electrons. The van der Waals surface area contributed by atoms with Gasteiger partial charge in [-0.1, -0.05) is 36.2 Å². The first-order valence-corrected chi connectivity index (χ1v) is 9.96. The summed E-state index contributed by atoms with van der Waals surface area (Å²) in [5, 5.41) is 7.59. The number of rotatable bonds is 5. The number of hydrogen-bond donors (Lipinski definition) is 1. The summed E-state index contributed by atoms with van der Waals surface area (Å²) in [6.07, 6.45) is -3.18. The van der Waals surface area contributed by atoms with E-state index in [1.54, 1.807) is 32.0 Å². The zero-order valence-electron chi connectivity index (χ0n) is 16.4. The molecule has 3 aromatic rings. The number of carbonyl (C=O) groups is 1. The van der Waals surface area contributed by atoms with Crippen LogP contribution in [0.5, 0.6) is 0 Å². The molecular formula is C21H17Cl2F4N3O. The van der Waals surface area contributed by atoms with Crippen molar-refractivity contribution in [2.45, 2.75) is 32.5 Å². The molecule has 1 aromatic heterocycles. The van der Waals surface area contributed by atoms with Gasteiger partial charge in [0.15, 0.2) is 0 Å². The standard InChI is InChI=1S/C21H17Cl2F4N3O/c1-3-19(12-4-7-18(24)15(8-12)21(25,26)27)29-20(31)14-10-28-30(11(14)2)13-5-6-16(22)17(23)9-13/h4-10,19H,3H2,1-2H3,(H,29,31)/t19-/m0/s1. The minimum absolute atomic E-state index is 0.152. The summed E-state index contributed by atoms with van der Waals surface area (Å²) >= 11 is 12.0. The number of benzene rings is 2.